The van der Waals surface area contributed by atoms with Crippen LogP contribution in [0.25, 0.3) is 0 Å². The van der Waals surface area contributed by atoms with Gasteiger partial charge in [0.15, 0.2) is 0 Å². The number of hydrogen-bond acceptors (Lipinski definition) is 7. The van der Waals surface area contributed by atoms with Crippen LogP contribution >= 0.6 is 0 Å². The number of benzene rings is 2. The molecule has 190 valence electrons. The summed E-state index contributed by atoms with van der Waals surface area (Å²) in [5, 5.41) is 2.79. The molecule has 1 aliphatic rings. The zero-order valence-corrected chi connectivity index (χ0v) is 21.3. The van der Waals surface area contributed by atoms with E-state index in [1.54, 1.807) is 6.07 Å². The predicted molar refractivity (Wildman–Crippen MR) is 136 cm³/mol. The predicted octanol–water partition coefficient (Wildman–Crippen LogP) is 2.77. The lowest BCUT2D eigenvalue weighted by atomic mass is 9.97. The van der Waals surface area contributed by atoms with Gasteiger partial charge >= 0.3 is 0 Å². The number of hydrogen-bond donors (Lipinski definition) is 2. The summed E-state index contributed by atoms with van der Waals surface area (Å²) in [5.41, 5.74) is 2.25. The minimum Gasteiger partial charge on any atom is -0.326 e. The molecule has 2 heterocycles. The number of aromatic nitrogens is 2. The maximum absolute atomic E-state index is 12.8. The van der Waals surface area contributed by atoms with Gasteiger partial charge in [-0.15, -0.1) is 0 Å². The molecule has 1 saturated heterocycles. The standard InChI is InChI=1S/C24H27N5O5S2/c1-18-3-5-19(6-4-18)17-35(31,32)29-15-11-20(12-16-29)23(30)27-21-7-9-22(10-8-21)36(33,34)28-24-25-13-2-14-26-24/h2-10,13-14,20H,11-12,15-17H2,1H3,(H,27,30)(H,25,26,28). The van der Waals surface area contributed by atoms with Crippen molar-refractivity contribution in [3.05, 3.63) is 78.1 Å². The van der Waals surface area contributed by atoms with E-state index in [1.165, 1.54) is 41.0 Å². The Morgan fingerprint density at radius 3 is 2.17 bits per heavy atom. The zero-order chi connectivity index (χ0) is 25.8. The number of nitrogens with zero attached hydrogens (tertiary/aromatic N) is 3. The van der Waals surface area contributed by atoms with Crippen molar-refractivity contribution in [1.29, 1.82) is 0 Å². The van der Waals surface area contributed by atoms with Gasteiger partial charge in [0.05, 0.1) is 10.6 Å². The number of aryl methyl sites for hydroxylation is 1. The molecule has 0 aliphatic carbocycles. The quantitative estimate of drug-likeness (QED) is 0.457. The highest BCUT2D eigenvalue weighted by atomic mass is 32.2. The van der Waals surface area contributed by atoms with E-state index in [0.29, 0.717) is 18.5 Å². The van der Waals surface area contributed by atoms with Crippen LogP contribution in [0.2, 0.25) is 0 Å². The molecule has 12 heteroatoms. The second-order valence-electron chi connectivity index (χ2n) is 8.61. The largest absolute Gasteiger partial charge is 0.326 e. The Morgan fingerprint density at radius 2 is 1.56 bits per heavy atom. The second kappa shape index (κ2) is 10.7. The van der Waals surface area contributed by atoms with Gasteiger partial charge in [-0.25, -0.2) is 35.8 Å². The first kappa shape index (κ1) is 25.7. The van der Waals surface area contributed by atoms with Gasteiger partial charge in [0.2, 0.25) is 21.9 Å². The van der Waals surface area contributed by atoms with Crippen LogP contribution < -0.4 is 10.0 Å². The number of piperidine rings is 1. The van der Waals surface area contributed by atoms with E-state index < -0.39 is 20.0 Å². The third-order valence-corrected chi connectivity index (χ3v) is 9.11. The van der Waals surface area contributed by atoms with Gasteiger partial charge in [-0.3, -0.25) is 4.79 Å². The molecule has 4 rings (SSSR count). The van der Waals surface area contributed by atoms with Crippen molar-refractivity contribution in [3.63, 3.8) is 0 Å². The molecule has 0 spiro atoms. The van der Waals surface area contributed by atoms with Crippen LogP contribution in [-0.2, 0) is 30.6 Å². The van der Waals surface area contributed by atoms with Crippen molar-refractivity contribution in [2.24, 2.45) is 5.92 Å². The molecule has 0 unspecified atom stereocenters. The monoisotopic (exact) mass is 529 g/mol. The van der Waals surface area contributed by atoms with Crippen molar-refractivity contribution in [3.8, 4) is 0 Å². The van der Waals surface area contributed by atoms with E-state index in [1.807, 2.05) is 31.2 Å². The molecule has 3 aromatic rings. The number of rotatable bonds is 8. The molecule has 36 heavy (non-hydrogen) atoms. The molecule has 1 fully saturated rings. The summed E-state index contributed by atoms with van der Waals surface area (Å²) in [4.78, 5) is 20.4. The first-order valence-corrected chi connectivity index (χ1v) is 14.5. The van der Waals surface area contributed by atoms with E-state index in [2.05, 4.69) is 20.0 Å². The van der Waals surface area contributed by atoms with Gasteiger partial charge in [0.25, 0.3) is 10.0 Å². The lowest BCUT2D eigenvalue weighted by Crippen LogP contribution is -2.41. The molecule has 10 nitrogen and oxygen atoms in total. The van der Waals surface area contributed by atoms with E-state index in [-0.39, 0.29) is 41.5 Å². The molecular formula is C24H27N5O5S2. The molecule has 0 radical (unpaired) electrons. The summed E-state index contributed by atoms with van der Waals surface area (Å²) in [5.74, 6) is -0.666. The normalized spacial score (nSPS) is 15.4. The summed E-state index contributed by atoms with van der Waals surface area (Å²) in [6.07, 6.45) is 3.67. The third-order valence-electron chi connectivity index (χ3n) is 5.91. The number of nitrogens with one attached hydrogen (secondary N) is 2. The van der Waals surface area contributed by atoms with Gasteiger partial charge in [0, 0.05) is 37.1 Å². The second-order valence-corrected chi connectivity index (χ2v) is 12.3. The first-order chi connectivity index (χ1) is 17.1. The van der Waals surface area contributed by atoms with Crippen LogP contribution in [0.3, 0.4) is 0 Å². The number of sulfonamides is 2. The van der Waals surface area contributed by atoms with Gasteiger partial charge in [-0.2, -0.15) is 0 Å². The molecule has 2 N–H and O–H groups in total. The van der Waals surface area contributed by atoms with E-state index in [9.17, 15) is 21.6 Å². The summed E-state index contributed by atoms with van der Waals surface area (Å²) in [7, 11) is -7.34. The van der Waals surface area contributed by atoms with Crippen LogP contribution in [0, 0.1) is 12.8 Å². The van der Waals surface area contributed by atoms with Crippen LogP contribution in [-0.4, -0.2) is 50.1 Å². The summed E-state index contributed by atoms with van der Waals surface area (Å²) in [6.45, 7) is 2.50. The van der Waals surface area contributed by atoms with Crippen LogP contribution in [0.15, 0.2) is 71.9 Å². The lowest BCUT2D eigenvalue weighted by molar-refractivity contribution is -0.120. The summed E-state index contributed by atoms with van der Waals surface area (Å²) >= 11 is 0. The Balaban J connectivity index is 1.31. The van der Waals surface area contributed by atoms with E-state index in [0.717, 1.165) is 11.1 Å². The fourth-order valence-corrected chi connectivity index (χ4v) is 6.40. The zero-order valence-electron chi connectivity index (χ0n) is 19.7. The Bertz CT molecular complexity index is 1400. The molecule has 0 bridgehead atoms. The number of carbonyl (C=O) groups is 1. The molecule has 1 amide bonds. The average Bonchev–Trinajstić information content (AvgIpc) is 2.86. The molecule has 2 aromatic carbocycles. The van der Waals surface area contributed by atoms with Crippen molar-refractivity contribution >= 4 is 37.6 Å². The van der Waals surface area contributed by atoms with E-state index in [4.69, 9.17) is 0 Å². The smallest absolute Gasteiger partial charge is 0.264 e. The highest BCUT2D eigenvalue weighted by Gasteiger charge is 2.31. The molecule has 0 saturated carbocycles. The van der Waals surface area contributed by atoms with Gasteiger partial charge in [-0.1, -0.05) is 29.8 Å². The van der Waals surface area contributed by atoms with Gasteiger partial charge < -0.3 is 5.32 Å². The van der Waals surface area contributed by atoms with Crippen LogP contribution in [0.4, 0.5) is 11.6 Å². The minimum atomic E-state index is -3.87. The average molecular weight is 530 g/mol. The fraction of sp³-hybridized carbons (Fsp3) is 0.292. The van der Waals surface area contributed by atoms with Crippen molar-refractivity contribution in [2.75, 3.05) is 23.1 Å². The van der Waals surface area contributed by atoms with Crippen molar-refractivity contribution in [2.45, 2.75) is 30.4 Å². The number of carbonyl (C=O) groups excluding carboxylic acids is 1. The minimum absolute atomic E-state index is 0.0000403. The Kier molecular flexibility index (Phi) is 7.67. The summed E-state index contributed by atoms with van der Waals surface area (Å²) in [6, 6.07) is 14.7. The fourth-order valence-electron chi connectivity index (χ4n) is 3.88. The van der Waals surface area contributed by atoms with Crippen LogP contribution in [0.5, 0.6) is 0 Å². The number of amides is 1. The third kappa shape index (κ3) is 6.45. The van der Waals surface area contributed by atoms with Gasteiger partial charge in [-0.05, 0) is 55.7 Å². The van der Waals surface area contributed by atoms with Crippen LogP contribution in [0.1, 0.15) is 24.0 Å². The maximum atomic E-state index is 12.8. The Morgan fingerprint density at radius 1 is 0.944 bits per heavy atom. The lowest BCUT2D eigenvalue weighted by Gasteiger charge is -2.30. The highest BCUT2D eigenvalue weighted by Crippen LogP contribution is 2.24. The topological polar surface area (TPSA) is 138 Å². The summed E-state index contributed by atoms with van der Waals surface area (Å²) < 4.78 is 54.3. The Hall–Kier alpha value is -3.35. The Labute approximate surface area is 210 Å². The number of anilines is 2. The first-order valence-electron chi connectivity index (χ1n) is 11.4. The van der Waals surface area contributed by atoms with Crippen molar-refractivity contribution < 1.29 is 21.6 Å². The maximum Gasteiger partial charge on any atom is 0.264 e. The van der Waals surface area contributed by atoms with Crippen molar-refractivity contribution in [1.82, 2.24) is 14.3 Å². The molecule has 0 atom stereocenters. The highest BCUT2D eigenvalue weighted by molar-refractivity contribution is 7.92. The molecular weight excluding hydrogens is 502 g/mol. The molecule has 1 aromatic heterocycles. The SMILES string of the molecule is Cc1ccc(CS(=O)(=O)N2CCC(C(=O)Nc3ccc(S(=O)(=O)Nc4ncccn4)cc3)CC2)cc1. The molecule has 1 aliphatic heterocycles. The van der Waals surface area contributed by atoms with E-state index >= 15 is 0 Å². The van der Waals surface area contributed by atoms with Gasteiger partial charge in [0.1, 0.15) is 0 Å².